The number of carbonyl (C=O) groups excluding carboxylic acids is 1. The Morgan fingerprint density at radius 3 is 2.22 bits per heavy atom. The molecule has 1 aliphatic heterocycles. The van der Waals surface area contributed by atoms with Gasteiger partial charge in [-0.3, -0.25) is 4.79 Å². The van der Waals surface area contributed by atoms with Gasteiger partial charge in [-0.15, -0.1) is 0 Å². The minimum absolute atomic E-state index is 0.755. The number of hydrogen-bond donors (Lipinski definition) is 5. The van der Waals surface area contributed by atoms with Crippen molar-refractivity contribution in [1.82, 2.24) is 5.32 Å². The first-order chi connectivity index (χ1) is 8.18. The smallest absolute Gasteiger partial charge is 0.394 e. The van der Waals surface area contributed by atoms with Gasteiger partial charge in [-0.2, -0.15) is 13.2 Å². The molecule has 0 aromatic carbocycles. The number of rotatable bonds is 2. The van der Waals surface area contributed by atoms with Crippen LogP contribution in [-0.2, 0) is 9.53 Å². The van der Waals surface area contributed by atoms with Crippen molar-refractivity contribution in [1.29, 1.82) is 0 Å². The first-order valence-corrected chi connectivity index (χ1v) is 4.86. The lowest BCUT2D eigenvalue weighted by Crippen LogP contribution is -2.65. The second-order valence-corrected chi connectivity index (χ2v) is 3.73. The van der Waals surface area contributed by atoms with Gasteiger partial charge in [-0.25, -0.2) is 0 Å². The number of aliphatic hydroxyl groups excluding tert-OH is 4. The third-order valence-corrected chi connectivity index (χ3v) is 2.46. The van der Waals surface area contributed by atoms with E-state index in [1.165, 1.54) is 5.32 Å². The molecule has 0 aliphatic carbocycles. The summed E-state index contributed by atoms with van der Waals surface area (Å²) in [5.74, 6) is -2.39. The van der Waals surface area contributed by atoms with Crippen molar-refractivity contribution < 1.29 is 43.1 Å². The maximum atomic E-state index is 12.0. The maximum Gasteiger partial charge on any atom is 0.471 e. The number of ether oxygens (including phenoxy) is 1. The summed E-state index contributed by atoms with van der Waals surface area (Å²) in [6.07, 6.45) is -12.2. The first-order valence-electron chi connectivity index (χ1n) is 4.86. The molecule has 10 heteroatoms. The van der Waals surface area contributed by atoms with Gasteiger partial charge in [0, 0.05) is 0 Å². The van der Waals surface area contributed by atoms with E-state index in [0.717, 1.165) is 0 Å². The lowest BCUT2D eigenvalue weighted by atomic mass is 9.97. The van der Waals surface area contributed by atoms with Crippen LogP contribution in [0.1, 0.15) is 0 Å². The van der Waals surface area contributed by atoms with Gasteiger partial charge in [0.2, 0.25) is 0 Å². The van der Waals surface area contributed by atoms with Crippen LogP contribution in [0.25, 0.3) is 0 Å². The number of amides is 1. The molecule has 0 saturated carbocycles. The van der Waals surface area contributed by atoms with E-state index in [2.05, 4.69) is 4.74 Å². The van der Waals surface area contributed by atoms with E-state index in [9.17, 15) is 33.3 Å². The standard InChI is InChI=1S/C8H12F3NO6/c9-8(10,11)7(17)12-3-5(15)4(14)2(1-13)18-6(3)16/h2-6,13-16H,1H2,(H,12,17)/t2?,3-,4-,5-,6+/m1/s1. The van der Waals surface area contributed by atoms with Gasteiger partial charge in [0.05, 0.1) is 6.61 Å². The maximum absolute atomic E-state index is 12.0. The molecular formula is C8H12F3NO6. The molecule has 1 aliphatic rings. The Bertz CT molecular complexity index is 312. The molecule has 5 atom stereocenters. The van der Waals surface area contributed by atoms with Crippen LogP contribution in [0, 0.1) is 0 Å². The molecule has 1 heterocycles. The Labute approximate surface area is 98.8 Å². The van der Waals surface area contributed by atoms with E-state index in [4.69, 9.17) is 5.11 Å². The lowest BCUT2D eigenvalue weighted by Gasteiger charge is -2.40. The Hall–Kier alpha value is -0.940. The minimum atomic E-state index is -5.20. The van der Waals surface area contributed by atoms with Crippen molar-refractivity contribution >= 4 is 5.91 Å². The van der Waals surface area contributed by atoms with Crippen LogP contribution in [-0.4, -0.2) is 69.8 Å². The molecule has 1 amide bonds. The molecule has 1 fully saturated rings. The first kappa shape index (κ1) is 15.1. The van der Waals surface area contributed by atoms with Crippen molar-refractivity contribution in [3.8, 4) is 0 Å². The highest BCUT2D eigenvalue weighted by Crippen LogP contribution is 2.21. The summed E-state index contributed by atoms with van der Waals surface area (Å²) in [6.45, 7) is -0.755. The molecule has 5 N–H and O–H groups in total. The van der Waals surface area contributed by atoms with Crippen molar-refractivity contribution in [3.05, 3.63) is 0 Å². The molecule has 0 radical (unpaired) electrons. The fraction of sp³-hybridized carbons (Fsp3) is 0.875. The van der Waals surface area contributed by atoms with Crippen LogP contribution < -0.4 is 5.32 Å². The van der Waals surface area contributed by atoms with E-state index in [1.807, 2.05) is 0 Å². The van der Waals surface area contributed by atoms with Crippen LogP contribution in [0.2, 0.25) is 0 Å². The largest absolute Gasteiger partial charge is 0.471 e. The minimum Gasteiger partial charge on any atom is -0.394 e. The average molecular weight is 275 g/mol. The van der Waals surface area contributed by atoms with Crippen LogP contribution in [0.15, 0.2) is 0 Å². The van der Waals surface area contributed by atoms with E-state index in [1.54, 1.807) is 0 Å². The molecule has 1 unspecified atom stereocenters. The summed E-state index contributed by atoms with van der Waals surface area (Å²) in [7, 11) is 0. The molecule has 0 aromatic rings. The number of aliphatic hydroxyl groups is 4. The molecular weight excluding hydrogens is 263 g/mol. The number of alkyl halides is 3. The fourth-order valence-corrected chi connectivity index (χ4v) is 1.49. The molecule has 106 valence electrons. The predicted octanol–water partition coefficient (Wildman–Crippen LogP) is -2.54. The molecule has 0 spiro atoms. The molecule has 0 aromatic heterocycles. The van der Waals surface area contributed by atoms with Crippen LogP contribution in [0.5, 0.6) is 0 Å². The second-order valence-electron chi connectivity index (χ2n) is 3.73. The van der Waals surface area contributed by atoms with E-state index in [0.29, 0.717) is 0 Å². The highest BCUT2D eigenvalue weighted by Gasteiger charge is 2.48. The monoisotopic (exact) mass is 275 g/mol. The summed E-state index contributed by atoms with van der Waals surface area (Å²) >= 11 is 0. The van der Waals surface area contributed by atoms with E-state index in [-0.39, 0.29) is 0 Å². The molecule has 18 heavy (non-hydrogen) atoms. The Morgan fingerprint density at radius 1 is 1.22 bits per heavy atom. The highest BCUT2D eigenvalue weighted by molar-refractivity contribution is 5.82. The molecule has 0 bridgehead atoms. The van der Waals surface area contributed by atoms with Gasteiger partial charge in [0.1, 0.15) is 24.4 Å². The van der Waals surface area contributed by atoms with E-state index >= 15 is 0 Å². The highest BCUT2D eigenvalue weighted by atomic mass is 19.4. The number of halogens is 3. The summed E-state index contributed by atoms with van der Waals surface area (Å²) in [4.78, 5) is 10.6. The van der Waals surface area contributed by atoms with Gasteiger partial charge in [-0.1, -0.05) is 0 Å². The van der Waals surface area contributed by atoms with Crippen LogP contribution >= 0.6 is 0 Å². The summed E-state index contributed by atoms with van der Waals surface area (Å²) in [5, 5.41) is 38.1. The zero-order valence-electron chi connectivity index (χ0n) is 8.83. The van der Waals surface area contributed by atoms with Gasteiger partial charge < -0.3 is 30.5 Å². The van der Waals surface area contributed by atoms with Crippen molar-refractivity contribution in [2.75, 3.05) is 6.61 Å². The van der Waals surface area contributed by atoms with Crippen molar-refractivity contribution in [2.45, 2.75) is 36.8 Å². The normalized spacial score (nSPS) is 37.4. The Kier molecular flexibility index (Phi) is 4.50. The van der Waals surface area contributed by atoms with E-state index < -0.39 is 49.3 Å². The molecule has 1 saturated heterocycles. The van der Waals surface area contributed by atoms with Crippen LogP contribution in [0.3, 0.4) is 0 Å². The van der Waals surface area contributed by atoms with Crippen molar-refractivity contribution in [3.63, 3.8) is 0 Å². The lowest BCUT2D eigenvalue weighted by molar-refractivity contribution is -0.256. The summed E-state index contributed by atoms with van der Waals surface area (Å²) < 4.78 is 40.5. The predicted molar refractivity (Wildman–Crippen MR) is 48.0 cm³/mol. The third kappa shape index (κ3) is 3.09. The SMILES string of the molecule is O=C(N[C@@H]1[C@@H](O)[C@H](O)C(CO)O[C@@H]1O)C(F)(F)F. The summed E-state index contributed by atoms with van der Waals surface area (Å²) in [5.41, 5.74) is 0. The van der Waals surface area contributed by atoms with Crippen molar-refractivity contribution in [2.24, 2.45) is 0 Å². The van der Waals surface area contributed by atoms with Gasteiger partial charge in [-0.05, 0) is 0 Å². The zero-order chi connectivity index (χ0) is 14.1. The van der Waals surface area contributed by atoms with Gasteiger partial charge >= 0.3 is 12.1 Å². The molecule has 7 nitrogen and oxygen atoms in total. The van der Waals surface area contributed by atoms with Crippen LogP contribution in [0.4, 0.5) is 13.2 Å². The Balaban J connectivity index is 2.74. The average Bonchev–Trinajstić information content (AvgIpc) is 2.27. The quantitative estimate of drug-likeness (QED) is 0.379. The number of carbonyl (C=O) groups is 1. The zero-order valence-corrected chi connectivity index (χ0v) is 8.83. The second kappa shape index (κ2) is 5.36. The third-order valence-electron chi connectivity index (χ3n) is 2.46. The topological polar surface area (TPSA) is 119 Å². The summed E-state index contributed by atoms with van der Waals surface area (Å²) in [6, 6.07) is -1.85. The van der Waals surface area contributed by atoms with Gasteiger partial charge in [0.25, 0.3) is 0 Å². The fourth-order valence-electron chi connectivity index (χ4n) is 1.49. The Morgan fingerprint density at radius 2 is 1.78 bits per heavy atom. The number of hydrogen-bond acceptors (Lipinski definition) is 6. The molecule has 1 rings (SSSR count). The van der Waals surface area contributed by atoms with Gasteiger partial charge in [0.15, 0.2) is 6.29 Å². The number of nitrogens with one attached hydrogen (secondary N) is 1.